The highest BCUT2D eigenvalue weighted by Crippen LogP contribution is 2.35. The van der Waals surface area contributed by atoms with E-state index in [9.17, 15) is 0 Å². The van der Waals surface area contributed by atoms with E-state index in [1.54, 1.807) is 0 Å². The summed E-state index contributed by atoms with van der Waals surface area (Å²) in [6, 6.07) is 9.87. The molecule has 0 spiro atoms. The molecule has 0 aliphatic carbocycles. The normalized spacial score (nSPS) is 36.9. The van der Waals surface area contributed by atoms with Gasteiger partial charge in [-0.25, -0.2) is 0 Å². The van der Waals surface area contributed by atoms with E-state index in [0.717, 1.165) is 30.5 Å². The standard InChI is InChI=1S/C17H25N3O/c1-12-9-19-8-4-5-13(19)10-20(12)15-11-21-16-7-3-2-6-14(16)17(15)18/h2-3,6-7,12-13,15,17H,4-5,8-11,18H2,1H3. The molecule has 2 fully saturated rings. The minimum Gasteiger partial charge on any atom is -0.492 e. The molecule has 3 heterocycles. The summed E-state index contributed by atoms with van der Waals surface area (Å²) < 4.78 is 5.98. The highest BCUT2D eigenvalue weighted by atomic mass is 16.5. The largest absolute Gasteiger partial charge is 0.492 e. The molecule has 1 aromatic rings. The molecule has 4 rings (SSSR count). The molecular weight excluding hydrogens is 262 g/mol. The molecule has 0 aromatic heterocycles. The summed E-state index contributed by atoms with van der Waals surface area (Å²) in [4.78, 5) is 5.26. The molecule has 4 nitrogen and oxygen atoms in total. The van der Waals surface area contributed by atoms with Gasteiger partial charge >= 0.3 is 0 Å². The Morgan fingerprint density at radius 3 is 3.00 bits per heavy atom. The van der Waals surface area contributed by atoms with Gasteiger partial charge in [0.1, 0.15) is 12.4 Å². The Hall–Kier alpha value is -1.10. The lowest BCUT2D eigenvalue weighted by molar-refractivity contribution is -0.00287. The Bertz CT molecular complexity index is 521. The second kappa shape index (κ2) is 5.27. The first-order chi connectivity index (χ1) is 10.2. The summed E-state index contributed by atoms with van der Waals surface area (Å²) in [5.41, 5.74) is 7.75. The number of nitrogens with two attached hydrogens (primary N) is 1. The Kier molecular flexibility index (Phi) is 3.40. The van der Waals surface area contributed by atoms with Crippen LogP contribution in [-0.4, -0.2) is 54.2 Å². The third kappa shape index (κ3) is 2.26. The molecule has 1 aromatic carbocycles. The highest BCUT2D eigenvalue weighted by Gasteiger charge is 2.41. The highest BCUT2D eigenvalue weighted by molar-refractivity contribution is 5.38. The zero-order valence-corrected chi connectivity index (χ0v) is 12.7. The molecule has 4 heteroatoms. The van der Waals surface area contributed by atoms with Crippen LogP contribution in [0.25, 0.3) is 0 Å². The van der Waals surface area contributed by atoms with Crippen molar-refractivity contribution in [1.82, 2.24) is 9.80 Å². The van der Waals surface area contributed by atoms with Gasteiger partial charge in [0.25, 0.3) is 0 Å². The summed E-state index contributed by atoms with van der Waals surface area (Å²) in [5.74, 6) is 0.966. The number of fused-ring (bicyclic) bond motifs is 2. The maximum atomic E-state index is 6.59. The van der Waals surface area contributed by atoms with Crippen LogP contribution < -0.4 is 10.5 Å². The first-order valence-electron chi connectivity index (χ1n) is 8.21. The van der Waals surface area contributed by atoms with Crippen molar-refractivity contribution in [2.75, 3.05) is 26.2 Å². The Morgan fingerprint density at radius 1 is 1.24 bits per heavy atom. The van der Waals surface area contributed by atoms with Gasteiger partial charge in [0.2, 0.25) is 0 Å². The molecule has 21 heavy (non-hydrogen) atoms. The summed E-state index contributed by atoms with van der Waals surface area (Å²) in [5, 5.41) is 0. The van der Waals surface area contributed by atoms with Crippen molar-refractivity contribution < 1.29 is 4.74 Å². The third-order valence-corrected chi connectivity index (χ3v) is 5.51. The molecule has 4 atom stereocenters. The average molecular weight is 287 g/mol. The van der Waals surface area contributed by atoms with E-state index in [1.807, 2.05) is 12.1 Å². The van der Waals surface area contributed by atoms with E-state index in [0.29, 0.717) is 12.1 Å². The van der Waals surface area contributed by atoms with Gasteiger partial charge in [0.15, 0.2) is 0 Å². The molecule has 2 saturated heterocycles. The molecule has 0 saturated carbocycles. The summed E-state index contributed by atoms with van der Waals surface area (Å²) in [6.07, 6.45) is 2.68. The SMILES string of the molecule is CC1CN2CCCC2CN1C1COc2ccccc2C1N. The van der Waals surface area contributed by atoms with Crippen molar-refractivity contribution in [2.24, 2.45) is 5.73 Å². The Morgan fingerprint density at radius 2 is 2.10 bits per heavy atom. The van der Waals surface area contributed by atoms with Crippen molar-refractivity contribution in [2.45, 2.75) is 43.9 Å². The first kappa shape index (κ1) is 13.6. The van der Waals surface area contributed by atoms with Crippen molar-refractivity contribution in [3.63, 3.8) is 0 Å². The molecule has 0 radical (unpaired) electrons. The number of benzene rings is 1. The van der Waals surface area contributed by atoms with Crippen LogP contribution in [0.1, 0.15) is 31.4 Å². The summed E-state index contributed by atoms with van der Waals surface area (Å²) in [7, 11) is 0. The van der Waals surface area contributed by atoms with Crippen LogP contribution in [0, 0.1) is 0 Å². The molecule has 3 aliphatic rings. The summed E-state index contributed by atoms with van der Waals surface area (Å²) >= 11 is 0. The fraction of sp³-hybridized carbons (Fsp3) is 0.647. The van der Waals surface area contributed by atoms with Gasteiger partial charge in [-0.05, 0) is 32.4 Å². The van der Waals surface area contributed by atoms with Gasteiger partial charge in [-0.1, -0.05) is 18.2 Å². The fourth-order valence-corrected chi connectivity index (χ4v) is 4.35. The van der Waals surface area contributed by atoms with Crippen molar-refractivity contribution in [1.29, 1.82) is 0 Å². The van der Waals surface area contributed by atoms with Crippen LogP contribution in [0.15, 0.2) is 24.3 Å². The molecule has 3 aliphatic heterocycles. The average Bonchev–Trinajstić information content (AvgIpc) is 2.94. The molecule has 0 amide bonds. The predicted octanol–water partition coefficient (Wildman–Crippen LogP) is 1.62. The van der Waals surface area contributed by atoms with E-state index in [4.69, 9.17) is 10.5 Å². The van der Waals surface area contributed by atoms with Crippen LogP contribution in [0.3, 0.4) is 0 Å². The van der Waals surface area contributed by atoms with Crippen LogP contribution in [0.4, 0.5) is 0 Å². The minimum absolute atomic E-state index is 0.0605. The predicted molar refractivity (Wildman–Crippen MR) is 83.4 cm³/mol. The van der Waals surface area contributed by atoms with Gasteiger partial charge < -0.3 is 10.5 Å². The second-order valence-electron chi connectivity index (χ2n) is 6.78. The maximum Gasteiger partial charge on any atom is 0.124 e. The van der Waals surface area contributed by atoms with Gasteiger partial charge in [-0.3, -0.25) is 9.80 Å². The number of rotatable bonds is 1. The zero-order chi connectivity index (χ0) is 14.4. The minimum atomic E-state index is 0.0605. The van der Waals surface area contributed by atoms with Crippen LogP contribution in [0.2, 0.25) is 0 Å². The molecular formula is C17H25N3O. The van der Waals surface area contributed by atoms with E-state index < -0.39 is 0 Å². The van der Waals surface area contributed by atoms with E-state index in [-0.39, 0.29) is 6.04 Å². The summed E-state index contributed by atoms with van der Waals surface area (Å²) in [6.45, 7) is 6.65. The fourth-order valence-electron chi connectivity index (χ4n) is 4.35. The van der Waals surface area contributed by atoms with E-state index >= 15 is 0 Å². The lowest BCUT2D eigenvalue weighted by atomic mass is 9.93. The van der Waals surface area contributed by atoms with Gasteiger partial charge in [0.05, 0.1) is 12.1 Å². The number of hydrogen-bond donors (Lipinski definition) is 1. The Labute approximate surface area is 126 Å². The monoisotopic (exact) mass is 287 g/mol. The zero-order valence-electron chi connectivity index (χ0n) is 12.7. The second-order valence-corrected chi connectivity index (χ2v) is 6.78. The Balaban J connectivity index is 1.56. The first-order valence-corrected chi connectivity index (χ1v) is 8.21. The third-order valence-electron chi connectivity index (χ3n) is 5.51. The quantitative estimate of drug-likeness (QED) is 0.852. The van der Waals surface area contributed by atoms with Crippen molar-refractivity contribution >= 4 is 0 Å². The molecule has 2 N–H and O–H groups in total. The van der Waals surface area contributed by atoms with E-state index in [2.05, 4.69) is 28.9 Å². The van der Waals surface area contributed by atoms with Gasteiger partial charge in [-0.2, -0.15) is 0 Å². The topological polar surface area (TPSA) is 41.7 Å². The van der Waals surface area contributed by atoms with Crippen molar-refractivity contribution in [3.8, 4) is 5.75 Å². The van der Waals surface area contributed by atoms with Gasteiger partial charge in [-0.15, -0.1) is 0 Å². The van der Waals surface area contributed by atoms with Gasteiger partial charge in [0, 0.05) is 30.7 Å². The molecule has 114 valence electrons. The number of hydrogen-bond acceptors (Lipinski definition) is 4. The van der Waals surface area contributed by atoms with Crippen LogP contribution in [0.5, 0.6) is 5.75 Å². The van der Waals surface area contributed by atoms with Crippen molar-refractivity contribution in [3.05, 3.63) is 29.8 Å². The number of para-hydroxylation sites is 1. The lowest BCUT2D eigenvalue weighted by Crippen LogP contribution is -2.61. The van der Waals surface area contributed by atoms with E-state index in [1.165, 1.54) is 25.9 Å². The molecule has 4 unspecified atom stereocenters. The van der Waals surface area contributed by atoms with Crippen LogP contribution >= 0.6 is 0 Å². The number of piperazine rings is 1. The number of nitrogens with zero attached hydrogens (tertiary/aromatic N) is 2. The maximum absolute atomic E-state index is 6.59. The number of ether oxygens (including phenoxy) is 1. The van der Waals surface area contributed by atoms with Crippen LogP contribution in [-0.2, 0) is 0 Å². The lowest BCUT2D eigenvalue weighted by Gasteiger charge is -2.48. The molecule has 0 bridgehead atoms. The smallest absolute Gasteiger partial charge is 0.124 e.